The number of rotatable bonds is 4. The lowest BCUT2D eigenvalue weighted by molar-refractivity contribution is 0.0896. The van der Waals surface area contributed by atoms with Crippen LogP contribution in [0.5, 0.6) is 11.5 Å². The maximum absolute atomic E-state index is 12.5. The Kier molecular flexibility index (Phi) is 4.20. The first kappa shape index (κ1) is 12.9. The second-order valence-corrected chi connectivity index (χ2v) is 4.47. The molecule has 0 aliphatic carbocycles. The van der Waals surface area contributed by atoms with E-state index < -0.39 is 0 Å². The second-order valence-electron chi connectivity index (χ2n) is 4.47. The molecule has 0 spiro atoms. The number of ether oxygens (including phenoxy) is 2. The van der Waals surface area contributed by atoms with Crippen molar-refractivity contribution in [1.82, 2.24) is 5.32 Å². The Labute approximate surface area is 107 Å². The predicted octanol–water partition coefficient (Wildman–Crippen LogP) is 1.89. The van der Waals surface area contributed by atoms with E-state index in [1.807, 2.05) is 0 Å². The highest BCUT2D eigenvalue weighted by Crippen LogP contribution is 2.28. The summed E-state index contributed by atoms with van der Waals surface area (Å²) in [5, 5.41) is 3.26. The minimum Gasteiger partial charge on any atom is -0.497 e. The molecule has 4 nitrogen and oxygen atoms in total. The summed E-state index contributed by atoms with van der Waals surface area (Å²) in [4.78, 5) is 12.5. The highest BCUT2D eigenvalue weighted by atomic mass is 16.5. The molecule has 0 saturated carbocycles. The lowest BCUT2D eigenvalue weighted by atomic mass is 9.90. The molecule has 2 rings (SSSR count). The average molecular weight is 249 g/mol. The topological polar surface area (TPSA) is 47.6 Å². The maximum atomic E-state index is 12.5. The van der Waals surface area contributed by atoms with Crippen molar-refractivity contribution in [2.75, 3.05) is 27.3 Å². The summed E-state index contributed by atoms with van der Waals surface area (Å²) in [6.45, 7) is 1.75. The number of benzene rings is 1. The summed E-state index contributed by atoms with van der Waals surface area (Å²) in [5.74, 6) is 1.48. The van der Waals surface area contributed by atoms with Crippen molar-refractivity contribution in [3.63, 3.8) is 0 Å². The Balaban J connectivity index is 2.26. The number of Topliss-reactive ketones (excluding diaryl/α,β-unsaturated/α-hetero) is 1. The zero-order valence-electron chi connectivity index (χ0n) is 10.9. The highest BCUT2D eigenvalue weighted by Gasteiger charge is 2.25. The van der Waals surface area contributed by atoms with Gasteiger partial charge in [0.15, 0.2) is 5.78 Å². The van der Waals surface area contributed by atoms with Gasteiger partial charge in [0.05, 0.1) is 19.8 Å². The second kappa shape index (κ2) is 5.87. The Bertz CT molecular complexity index is 425. The third-order valence-corrected chi connectivity index (χ3v) is 3.34. The maximum Gasteiger partial charge on any atom is 0.171 e. The van der Waals surface area contributed by atoms with Crippen LogP contribution in [-0.4, -0.2) is 33.1 Å². The van der Waals surface area contributed by atoms with Crippen LogP contribution >= 0.6 is 0 Å². The van der Waals surface area contributed by atoms with Crippen LogP contribution in [0.15, 0.2) is 18.2 Å². The van der Waals surface area contributed by atoms with Crippen LogP contribution in [0, 0.1) is 5.92 Å². The van der Waals surface area contributed by atoms with Gasteiger partial charge >= 0.3 is 0 Å². The standard InChI is InChI=1S/C14H19NO3/c1-17-11-5-6-13(18-2)12(8-11)14(16)10-4-3-7-15-9-10/h5-6,8,10,15H,3-4,7,9H2,1-2H3. The molecule has 1 fully saturated rings. The van der Waals surface area contributed by atoms with Crippen molar-refractivity contribution in [1.29, 1.82) is 0 Å². The van der Waals surface area contributed by atoms with Gasteiger partial charge in [-0.15, -0.1) is 0 Å². The van der Waals surface area contributed by atoms with Crippen LogP contribution < -0.4 is 14.8 Å². The Morgan fingerprint density at radius 1 is 1.33 bits per heavy atom. The van der Waals surface area contributed by atoms with E-state index in [4.69, 9.17) is 9.47 Å². The zero-order valence-corrected chi connectivity index (χ0v) is 10.9. The van der Waals surface area contributed by atoms with Gasteiger partial charge in [0, 0.05) is 12.5 Å². The van der Waals surface area contributed by atoms with Gasteiger partial charge in [0.2, 0.25) is 0 Å². The van der Waals surface area contributed by atoms with Crippen molar-refractivity contribution in [2.24, 2.45) is 5.92 Å². The van der Waals surface area contributed by atoms with Crippen molar-refractivity contribution in [3.05, 3.63) is 23.8 Å². The zero-order chi connectivity index (χ0) is 13.0. The number of carbonyl (C=O) groups excluding carboxylic acids is 1. The molecule has 1 aromatic carbocycles. The fraction of sp³-hybridized carbons (Fsp3) is 0.500. The number of ketones is 1. The molecular formula is C14H19NO3. The quantitative estimate of drug-likeness (QED) is 0.828. The number of piperidine rings is 1. The first-order chi connectivity index (χ1) is 8.76. The number of nitrogens with one attached hydrogen (secondary N) is 1. The molecule has 0 amide bonds. The lowest BCUT2D eigenvalue weighted by Gasteiger charge is -2.22. The first-order valence-electron chi connectivity index (χ1n) is 6.23. The fourth-order valence-corrected chi connectivity index (χ4v) is 2.30. The monoisotopic (exact) mass is 249 g/mol. The van der Waals surface area contributed by atoms with Gasteiger partial charge < -0.3 is 14.8 Å². The van der Waals surface area contributed by atoms with E-state index in [2.05, 4.69) is 5.32 Å². The summed E-state index contributed by atoms with van der Waals surface area (Å²) >= 11 is 0. The molecule has 4 heteroatoms. The van der Waals surface area contributed by atoms with E-state index in [0.717, 1.165) is 25.9 Å². The van der Waals surface area contributed by atoms with Crippen LogP contribution in [0.2, 0.25) is 0 Å². The Hall–Kier alpha value is -1.55. The van der Waals surface area contributed by atoms with Crippen molar-refractivity contribution in [2.45, 2.75) is 12.8 Å². The molecule has 18 heavy (non-hydrogen) atoms. The molecule has 1 aliphatic rings. The smallest absolute Gasteiger partial charge is 0.171 e. The normalized spacial score (nSPS) is 19.3. The first-order valence-corrected chi connectivity index (χ1v) is 6.23. The van der Waals surface area contributed by atoms with Gasteiger partial charge in [-0.3, -0.25) is 4.79 Å². The van der Waals surface area contributed by atoms with E-state index in [1.54, 1.807) is 32.4 Å². The molecule has 1 heterocycles. The van der Waals surface area contributed by atoms with E-state index in [9.17, 15) is 4.79 Å². The minimum absolute atomic E-state index is 0.0414. The average Bonchev–Trinajstić information content (AvgIpc) is 2.46. The van der Waals surface area contributed by atoms with Crippen LogP contribution in [-0.2, 0) is 0 Å². The SMILES string of the molecule is COc1ccc(OC)c(C(=O)C2CCCNC2)c1. The molecule has 1 atom stereocenters. The molecule has 1 saturated heterocycles. The molecule has 1 N–H and O–H groups in total. The number of hydrogen-bond acceptors (Lipinski definition) is 4. The van der Waals surface area contributed by atoms with Crippen LogP contribution in [0.1, 0.15) is 23.2 Å². The summed E-state index contributed by atoms with van der Waals surface area (Å²) < 4.78 is 10.4. The Morgan fingerprint density at radius 3 is 2.78 bits per heavy atom. The summed E-state index contributed by atoms with van der Waals surface area (Å²) in [6, 6.07) is 5.34. The number of methoxy groups -OCH3 is 2. The minimum atomic E-state index is 0.0414. The van der Waals surface area contributed by atoms with E-state index in [0.29, 0.717) is 17.1 Å². The van der Waals surface area contributed by atoms with Crippen LogP contribution in [0.25, 0.3) is 0 Å². The molecule has 1 aliphatic heterocycles. The van der Waals surface area contributed by atoms with E-state index in [1.165, 1.54) is 0 Å². The predicted molar refractivity (Wildman–Crippen MR) is 69.5 cm³/mol. The molecular weight excluding hydrogens is 230 g/mol. The summed E-state index contributed by atoms with van der Waals surface area (Å²) in [6.07, 6.45) is 1.98. The summed E-state index contributed by atoms with van der Waals surface area (Å²) in [7, 11) is 3.18. The molecule has 0 aromatic heterocycles. The van der Waals surface area contributed by atoms with Crippen molar-refractivity contribution < 1.29 is 14.3 Å². The van der Waals surface area contributed by atoms with E-state index in [-0.39, 0.29) is 11.7 Å². The molecule has 0 bridgehead atoms. The summed E-state index contributed by atoms with van der Waals surface area (Å²) in [5.41, 5.74) is 0.616. The largest absolute Gasteiger partial charge is 0.497 e. The number of hydrogen-bond donors (Lipinski definition) is 1. The third kappa shape index (κ3) is 2.64. The van der Waals surface area contributed by atoms with E-state index >= 15 is 0 Å². The number of carbonyl (C=O) groups is 1. The lowest BCUT2D eigenvalue weighted by Crippen LogP contribution is -2.34. The molecule has 1 aromatic rings. The van der Waals surface area contributed by atoms with Gasteiger partial charge in [-0.05, 0) is 37.6 Å². The molecule has 98 valence electrons. The third-order valence-electron chi connectivity index (χ3n) is 3.34. The van der Waals surface area contributed by atoms with Gasteiger partial charge in [0.1, 0.15) is 11.5 Å². The molecule has 0 radical (unpaired) electrons. The van der Waals surface area contributed by atoms with Crippen molar-refractivity contribution >= 4 is 5.78 Å². The van der Waals surface area contributed by atoms with Gasteiger partial charge in [-0.1, -0.05) is 0 Å². The van der Waals surface area contributed by atoms with Gasteiger partial charge in [-0.2, -0.15) is 0 Å². The Morgan fingerprint density at radius 2 is 2.17 bits per heavy atom. The van der Waals surface area contributed by atoms with Crippen LogP contribution in [0.4, 0.5) is 0 Å². The van der Waals surface area contributed by atoms with Crippen LogP contribution in [0.3, 0.4) is 0 Å². The fourth-order valence-electron chi connectivity index (χ4n) is 2.30. The molecule has 1 unspecified atom stereocenters. The van der Waals surface area contributed by atoms with Gasteiger partial charge in [0.25, 0.3) is 0 Å². The van der Waals surface area contributed by atoms with Gasteiger partial charge in [-0.25, -0.2) is 0 Å². The van der Waals surface area contributed by atoms with Crippen molar-refractivity contribution in [3.8, 4) is 11.5 Å². The highest BCUT2D eigenvalue weighted by molar-refractivity contribution is 6.00.